The zero-order valence-electron chi connectivity index (χ0n) is 11.1. The minimum Gasteiger partial charge on any atom is -0.326 e. The summed E-state index contributed by atoms with van der Waals surface area (Å²) in [5, 5.41) is 4.11. The average Bonchev–Trinajstić information content (AvgIpc) is 3.01. The highest BCUT2D eigenvalue weighted by Gasteiger charge is 2.03. The van der Waals surface area contributed by atoms with Gasteiger partial charge in [-0.2, -0.15) is 5.10 Å². The fourth-order valence-corrected chi connectivity index (χ4v) is 2.27. The smallest absolute Gasteiger partial charge is 0.137 e. The molecular weight excluding hydrogens is 248 g/mol. The highest BCUT2D eigenvalue weighted by atomic mass is 15.3. The first-order valence-electron chi connectivity index (χ1n) is 6.56. The van der Waals surface area contributed by atoms with Crippen LogP contribution in [0.25, 0.3) is 11.1 Å². The van der Waals surface area contributed by atoms with E-state index in [2.05, 4.69) is 46.5 Å². The van der Waals surface area contributed by atoms with E-state index in [1.807, 2.05) is 16.8 Å². The SMILES string of the molecule is NCc1ccccc1-c1ccc(Cn2cncn2)cc1. The minimum absolute atomic E-state index is 0.552. The molecule has 0 aliphatic carbocycles. The monoisotopic (exact) mass is 264 g/mol. The van der Waals surface area contributed by atoms with Crippen LogP contribution in [0.3, 0.4) is 0 Å². The molecule has 0 saturated carbocycles. The van der Waals surface area contributed by atoms with E-state index in [-0.39, 0.29) is 0 Å². The number of nitrogens with zero attached hydrogens (tertiary/aromatic N) is 3. The Balaban J connectivity index is 1.85. The molecule has 0 fully saturated rings. The second kappa shape index (κ2) is 5.67. The number of hydrogen-bond acceptors (Lipinski definition) is 3. The van der Waals surface area contributed by atoms with E-state index in [0.29, 0.717) is 6.54 Å². The molecule has 0 bridgehead atoms. The van der Waals surface area contributed by atoms with E-state index < -0.39 is 0 Å². The predicted octanol–water partition coefficient (Wildman–Crippen LogP) is 2.45. The van der Waals surface area contributed by atoms with E-state index in [1.54, 1.807) is 12.7 Å². The molecule has 2 aromatic carbocycles. The van der Waals surface area contributed by atoms with Crippen LogP contribution in [-0.2, 0) is 13.1 Å². The van der Waals surface area contributed by atoms with Crippen molar-refractivity contribution < 1.29 is 0 Å². The molecule has 20 heavy (non-hydrogen) atoms. The van der Waals surface area contributed by atoms with Crippen molar-refractivity contribution >= 4 is 0 Å². The molecule has 1 aromatic heterocycles. The number of nitrogens with two attached hydrogens (primary N) is 1. The third kappa shape index (κ3) is 2.60. The predicted molar refractivity (Wildman–Crippen MR) is 78.9 cm³/mol. The molecule has 0 saturated heterocycles. The Morgan fingerprint density at radius 3 is 2.50 bits per heavy atom. The summed E-state index contributed by atoms with van der Waals surface area (Å²) in [5.74, 6) is 0. The van der Waals surface area contributed by atoms with Gasteiger partial charge in [0.05, 0.1) is 6.54 Å². The van der Waals surface area contributed by atoms with Gasteiger partial charge in [0.15, 0.2) is 0 Å². The minimum atomic E-state index is 0.552. The maximum atomic E-state index is 5.79. The molecule has 0 unspecified atom stereocenters. The Hall–Kier alpha value is -2.46. The van der Waals surface area contributed by atoms with Crippen LogP contribution in [0.15, 0.2) is 61.2 Å². The van der Waals surface area contributed by atoms with Crippen LogP contribution in [-0.4, -0.2) is 14.8 Å². The number of rotatable bonds is 4. The molecule has 0 aliphatic rings. The van der Waals surface area contributed by atoms with Crippen molar-refractivity contribution in [3.63, 3.8) is 0 Å². The summed E-state index contributed by atoms with van der Waals surface area (Å²) < 4.78 is 1.81. The lowest BCUT2D eigenvalue weighted by atomic mass is 9.99. The first kappa shape index (κ1) is 12.6. The highest BCUT2D eigenvalue weighted by molar-refractivity contribution is 5.67. The second-order valence-corrected chi connectivity index (χ2v) is 4.65. The molecule has 2 N–H and O–H groups in total. The Labute approximate surface area is 117 Å². The van der Waals surface area contributed by atoms with Crippen molar-refractivity contribution in [1.29, 1.82) is 0 Å². The van der Waals surface area contributed by atoms with Crippen LogP contribution in [0.1, 0.15) is 11.1 Å². The Kier molecular flexibility index (Phi) is 3.56. The van der Waals surface area contributed by atoms with Crippen molar-refractivity contribution in [2.45, 2.75) is 13.1 Å². The molecular formula is C16H16N4. The van der Waals surface area contributed by atoms with Gasteiger partial charge in [-0.1, -0.05) is 48.5 Å². The lowest BCUT2D eigenvalue weighted by molar-refractivity contribution is 0.685. The third-order valence-electron chi connectivity index (χ3n) is 3.31. The normalized spacial score (nSPS) is 10.7. The Morgan fingerprint density at radius 2 is 1.80 bits per heavy atom. The van der Waals surface area contributed by atoms with Crippen LogP contribution in [0.2, 0.25) is 0 Å². The summed E-state index contributed by atoms with van der Waals surface area (Å²) in [6, 6.07) is 16.7. The van der Waals surface area contributed by atoms with Crippen molar-refractivity contribution in [1.82, 2.24) is 14.8 Å². The van der Waals surface area contributed by atoms with E-state index in [0.717, 1.165) is 12.1 Å². The first-order valence-corrected chi connectivity index (χ1v) is 6.56. The standard InChI is InChI=1S/C16H16N4/c17-9-15-3-1-2-4-16(15)14-7-5-13(6-8-14)10-20-12-18-11-19-20/h1-8,11-12H,9-10,17H2. The Bertz CT molecular complexity index is 672. The fraction of sp³-hybridized carbons (Fsp3) is 0.125. The zero-order chi connectivity index (χ0) is 13.8. The van der Waals surface area contributed by atoms with Crippen molar-refractivity contribution in [2.75, 3.05) is 0 Å². The Morgan fingerprint density at radius 1 is 1.00 bits per heavy atom. The van der Waals surface area contributed by atoms with E-state index in [4.69, 9.17) is 5.73 Å². The fourth-order valence-electron chi connectivity index (χ4n) is 2.27. The molecule has 0 radical (unpaired) electrons. The van der Waals surface area contributed by atoms with Gasteiger partial charge < -0.3 is 5.73 Å². The molecule has 1 heterocycles. The third-order valence-corrected chi connectivity index (χ3v) is 3.31. The quantitative estimate of drug-likeness (QED) is 0.787. The van der Waals surface area contributed by atoms with Crippen molar-refractivity contribution in [3.8, 4) is 11.1 Å². The van der Waals surface area contributed by atoms with Gasteiger partial charge in [0.1, 0.15) is 12.7 Å². The maximum absolute atomic E-state index is 5.79. The molecule has 100 valence electrons. The van der Waals surface area contributed by atoms with E-state index in [9.17, 15) is 0 Å². The van der Waals surface area contributed by atoms with Crippen LogP contribution < -0.4 is 5.73 Å². The summed E-state index contributed by atoms with van der Waals surface area (Å²) >= 11 is 0. The van der Waals surface area contributed by atoms with Gasteiger partial charge in [0, 0.05) is 6.54 Å². The zero-order valence-corrected chi connectivity index (χ0v) is 11.1. The maximum Gasteiger partial charge on any atom is 0.137 e. The summed E-state index contributed by atoms with van der Waals surface area (Å²) in [6.07, 6.45) is 3.27. The first-order chi connectivity index (χ1) is 9.86. The largest absolute Gasteiger partial charge is 0.326 e. The summed E-state index contributed by atoms with van der Waals surface area (Å²) in [4.78, 5) is 3.94. The van der Waals surface area contributed by atoms with Crippen molar-refractivity contribution in [2.24, 2.45) is 5.73 Å². The van der Waals surface area contributed by atoms with Crippen molar-refractivity contribution in [3.05, 3.63) is 72.3 Å². The number of aromatic nitrogens is 3. The topological polar surface area (TPSA) is 56.7 Å². The molecule has 0 spiro atoms. The number of hydrogen-bond donors (Lipinski definition) is 1. The van der Waals surface area contributed by atoms with E-state index in [1.165, 1.54) is 16.7 Å². The van der Waals surface area contributed by atoms with Gasteiger partial charge in [-0.05, 0) is 22.3 Å². The van der Waals surface area contributed by atoms with Gasteiger partial charge >= 0.3 is 0 Å². The molecule has 4 nitrogen and oxygen atoms in total. The second-order valence-electron chi connectivity index (χ2n) is 4.65. The van der Waals surface area contributed by atoms with Gasteiger partial charge in [0.2, 0.25) is 0 Å². The lowest BCUT2D eigenvalue weighted by Crippen LogP contribution is -2.00. The summed E-state index contributed by atoms with van der Waals surface area (Å²) in [5.41, 5.74) is 10.5. The van der Waals surface area contributed by atoms with Crippen LogP contribution >= 0.6 is 0 Å². The van der Waals surface area contributed by atoms with Crippen LogP contribution in [0, 0.1) is 0 Å². The summed E-state index contributed by atoms with van der Waals surface area (Å²) in [6.45, 7) is 1.29. The molecule has 0 amide bonds. The van der Waals surface area contributed by atoms with Gasteiger partial charge in [-0.25, -0.2) is 9.67 Å². The van der Waals surface area contributed by atoms with Crippen LogP contribution in [0.5, 0.6) is 0 Å². The number of benzene rings is 2. The highest BCUT2D eigenvalue weighted by Crippen LogP contribution is 2.23. The lowest BCUT2D eigenvalue weighted by Gasteiger charge is -2.09. The molecule has 3 rings (SSSR count). The molecule has 0 aliphatic heterocycles. The van der Waals surface area contributed by atoms with Crippen LogP contribution in [0.4, 0.5) is 0 Å². The summed E-state index contributed by atoms with van der Waals surface area (Å²) in [7, 11) is 0. The van der Waals surface area contributed by atoms with Gasteiger partial charge in [-0.3, -0.25) is 0 Å². The average molecular weight is 264 g/mol. The molecule has 0 atom stereocenters. The molecule has 3 aromatic rings. The van der Waals surface area contributed by atoms with Gasteiger partial charge in [-0.15, -0.1) is 0 Å². The van der Waals surface area contributed by atoms with E-state index >= 15 is 0 Å². The van der Waals surface area contributed by atoms with Gasteiger partial charge in [0.25, 0.3) is 0 Å². The molecule has 4 heteroatoms.